The Morgan fingerprint density at radius 3 is 2.62 bits per heavy atom. The van der Waals surface area contributed by atoms with Gasteiger partial charge >= 0.3 is 5.97 Å². The summed E-state index contributed by atoms with van der Waals surface area (Å²) in [5.74, 6) is 1.22. The minimum absolute atomic E-state index is 0.0402. The molecule has 1 aliphatic carbocycles. The summed E-state index contributed by atoms with van der Waals surface area (Å²) in [7, 11) is 1.68. The molecule has 0 spiro atoms. The normalized spacial score (nSPS) is 17.2. The van der Waals surface area contributed by atoms with Crippen molar-refractivity contribution in [2.75, 3.05) is 13.7 Å². The molecule has 0 N–H and O–H groups in total. The Balaban J connectivity index is 2.16. The molecule has 1 aromatic rings. The number of carbonyl (C=O) groups excluding carboxylic acids is 1. The summed E-state index contributed by atoms with van der Waals surface area (Å²) in [6, 6.07) is 7.97. The van der Waals surface area contributed by atoms with Gasteiger partial charge in [0.05, 0.1) is 19.6 Å². The van der Waals surface area contributed by atoms with Gasteiger partial charge in [0.15, 0.2) is 0 Å². The predicted molar refractivity (Wildman–Crippen MR) is 83.4 cm³/mol. The largest absolute Gasteiger partial charge is 0.496 e. The lowest BCUT2D eigenvalue weighted by Gasteiger charge is -2.29. The van der Waals surface area contributed by atoms with E-state index in [2.05, 4.69) is 0 Å². The van der Waals surface area contributed by atoms with Gasteiger partial charge in [-0.25, -0.2) is 0 Å². The molecule has 3 nitrogen and oxygen atoms in total. The lowest BCUT2D eigenvalue weighted by atomic mass is 9.77. The van der Waals surface area contributed by atoms with E-state index in [1.165, 1.54) is 19.3 Å². The maximum Gasteiger partial charge on any atom is 0.309 e. The standard InChI is InChI=1S/C18H26O3/c1-3-21-18(19)16(14-9-5-4-6-10-14)13-15-11-7-8-12-17(15)20-2/h7-8,11-12,14,16H,3-6,9-10,13H2,1-2H3. The lowest BCUT2D eigenvalue weighted by molar-refractivity contribution is -0.150. The fourth-order valence-electron chi connectivity index (χ4n) is 3.34. The highest BCUT2D eigenvalue weighted by atomic mass is 16.5. The minimum atomic E-state index is -0.0460. The average Bonchev–Trinajstić information content (AvgIpc) is 2.54. The third kappa shape index (κ3) is 4.23. The lowest BCUT2D eigenvalue weighted by Crippen LogP contribution is -2.29. The molecule has 1 aromatic carbocycles. The molecule has 1 saturated carbocycles. The van der Waals surface area contributed by atoms with Crippen LogP contribution in [-0.2, 0) is 16.0 Å². The Labute approximate surface area is 127 Å². The first-order valence-corrected chi connectivity index (χ1v) is 8.04. The van der Waals surface area contributed by atoms with E-state index in [4.69, 9.17) is 9.47 Å². The van der Waals surface area contributed by atoms with Crippen molar-refractivity contribution >= 4 is 5.97 Å². The molecule has 0 amide bonds. The molecule has 1 unspecified atom stereocenters. The van der Waals surface area contributed by atoms with Gasteiger partial charge in [0.1, 0.15) is 5.75 Å². The van der Waals surface area contributed by atoms with E-state index in [0.29, 0.717) is 18.9 Å². The second-order valence-electron chi connectivity index (χ2n) is 5.77. The third-order valence-corrected chi connectivity index (χ3v) is 4.44. The number of esters is 1. The van der Waals surface area contributed by atoms with Gasteiger partial charge in [-0.15, -0.1) is 0 Å². The molecule has 21 heavy (non-hydrogen) atoms. The van der Waals surface area contributed by atoms with Crippen molar-refractivity contribution in [3.63, 3.8) is 0 Å². The van der Waals surface area contributed by atoms with Gasteiger partial charge in [0.25, 0.3) is 0 Å². The molecule has 1 atom stereocenters. The number of methoxy groups -OCH3 is 1. The van der Waals surface area contributed by atoms with E-state index < -0.39 is 0 Å². The highest BCUT2D eigenvalue weighted by molar-refractivity contribution is 5.73. The highest BCUT2D eigenvalue weighted by Crippen LogP contribution is 2.34. The number of hydrogen-bond acceptors (Lipinski definition) is 3. The van der Waals surface area contributed by atoms with E-state index in [1.807, 2.05) is 31.2 Å². The summed E-state index contributed by atoms with van der Waals surface area (Å²) in [5.41, 5.74) is 1.10. The van der Waals surface area contributed by atoms with Crippen molar-refractivity contribution in [1.29, 1.82) is 0 Å². The molecule has 116 valence electrons. The molecular weight excluding hydrogens is 264 g/mol. The quantitative estimate of drug-likeness (QED) is 0.743. The zero-order valence-electron chi connectivity index (χ0n) is 13.1. The summed E-state index contributed by atoms with van der Waals surface area (Å²) in [6.07, 6.45) is 6.74. The van der Waals surface area contributed by atoms with E-state index in [9.17, 15) is 4.79 Å². The zero-order valence-corrected chi connectivity index (χ0v) is 13.1. The second kappa shape index (κ2) is 8.06. The van der Waals surface area contributed by atoms with Crippen molar-refractivity contribution in [1.82, 2.24) is 0 Å². The molecule has 0 aromatic heterocycles. The Bertz CT molecular complexity index is 450. The topological polar surface area (TPSA) is 35.5 Å². The van der Waals surface area contributed by atoms with Crippen molar-refractivity contribution in [2.45, 2.75) is 45.4 Å². The van der Waals surface area contributed by atoms with Crippen LogP contribution >= 0.6 is 0 Å². The molecule has 2 rings (SSSR count). The number of ether oxygens (including phenoxy) is 2. The van der Waals surface area contributed by atoms with Crippen LogP contribution in [0.1, 0.15) is 44.6 Å². The Morgan fingerprint density at radius 2 is 1.95 bits per heavy atom. The van der Waals surface area contributed by atoms with Crippen molar-refractivity contribution in [2.24, 2.45) is 11.8 Å². The zero-order chi connectivity index (χ0) is 15.1. The van der Waals surface area contributed by atoms with Crippen LogP contribution in [0.3, 0.4) is 0 Å². The number of rotatable bonds is 6. The second-order valence-corrected chi connectivity index (χ2v) is 5.77. The van der Waals surface area contributed by atoms with E-state index in [0.717, 1.165) is 24.2 Å². The van der Waals surface area contributed by atoms with Gasteiger partial charge in [0.2, 0.25) is 0 Å². The van der Waals surface area contributed by atoms with Gasteiger partial charge in [-0.1, -0.05) is 37.5 Å². The summed E-state index contributed by atoms with van der Waals surface area (Å²) < 4.78 is 10.7. The Morgan fingerprint density at radius 1 is 1.24 bits per heavy atom. The Hall–Kier alpha value is -1.51. The molecule has 1 aliphatic rings. The van der Waals surface area contributed by atoms with Crippen LogP contribution in [0.5, 0.6) is 5.75 Å². The van der Waals surface area contributed by atoms with Crippen LogP contribution in [-0.4, -0.2) is 19.7 Å². The maximum atomic E-state index is 12.4. The van der Waals surface area contributed by atoms with Crippen LogP contribution < -0.4 is 4.74 Å². The van der Waals surface area contributed by atoms with Gasteiger partial charge in [-0.3, -0.25) is 4.79 Å². The maximum absolute atomic E-state index is 12.4. The van der Waals surface area contributed by atoms with Crippen LogP contribution in [0.4, 0.5) is 0 Å². The van der Waals surface area contributed by atoms with Gasteiger partial charge < -0.3 is 9.47 Å². The Kier molecular flexibility index (Phi) is 6.09. The van der Waals surface area contributed by atoms with Crippen molar-refractivity contribution < 1.29 is 14.3 Å². The first kappa shape index (κ1) is 15.9. The molecular formula is C18H26O3. The number of carbonyl (C=O) groups is 1. The monoisotopic (exact) mass is 290 g/mol. The number of benzene rings is 1. The summed E-state index contributed by atoms with van der Waals surface area (Å²) in [4.78, 5) is 12.4. The van der Waals surface area contributed by atoms with Crippen LogP contribution in [0.2, 0.25) is 0 Å². The van der Waals surface area contributed by atoms with Crippen LogP contribution in [0, 0.1) is 11.8 Å². The summed E-state index contributed by atoms with van der Waals surface area (Å²) >= 11 is 0. The fourth-order valence-corrected chi connectivity index (χ4v) is 3.34. The first-order chi connectivity index (χ1) is 10.3. The summed E-state index contributed by atoms with van der Waals surface area (Å²) in [6.45, 7) is 2.33. The molecule has 1 fully saturated rings. The number of hydrogen-bond donors (Lipinski definition) is 0. The van der Waals surface area contributed by atoms with Crippen molar-refractivity contribution in [3.05, 3.63) is 29.8 Å². The van der Waals surface area contributed by atoms with Crippen LogP contribution in [0.25, 0.3) is 0 Å². The average molecular weight is 290 g/mol. The number of para-hydroxylation sites is 1. The SMILES string of the molecule is CCOC(=O)C(Cc1ccccc1OC)C1CCCCC1. The van der Waals surface area contributed by atoms with Crippen LogP contribution in [0.15, 0.2) is 24.3 Å². The summed E-state index contributed by atoms with van der Waals surface area (Å²) in [5, 5.41) is 0. The molecule has 0 aliphatic heterocycles. The van der Waals surface area contributed by atoms with Gasteiger partial charge in [-0.05, 0) is 43.7 Å². The molecule has 0 saturated heterocycles. The third-order valence-electron chi connectivity index (χ3n) is 4.44. The highest BCUT2D eigenvalue weighted by Gasteiger charge is 2.31. The smallest absolute Gasteiger partial charge is 0.309 e. The minimum Gasteiger partial charge on any atom is -0.496 e. The molecule has 3 heteroatoms. The van der Waals surface area contributed by atoms with E-state index in [1.54, 1.807) is 7.11 Å². The first-order valence-electron chi connectivity index (χ1n) is 8.04. The van der Waals surface area contributed by atoms with Gasteiger partial charge in [-0.2, -0.15) is 0 Å². The van der Waals surface area contributed by atoms with Crippen molar-refractivity contribution in [3.8, 4) is 5.75 Å². The molecule has 0 radical (unpaired) electrons. The van der Waals surface area contributed by atoms with E-state index >= 15 is 0 Å². The predicted octanol–water partition coefficient (Wildman–Crippen LogP) is 4.00. The van der Waals surface area contributed by atoms with Gasteiger partial charge in [0, 0.05) is 0 Å². The fraction of sp³-hybridized carbons (Fsp3) is 0.611. The van der Waals surface area contributed by atoms with E-state index in [-0.39, 0.29) is 11.9 Å². The molecule has 0 heterocycles. The molecule has 0 bridgehead atoms.